The molecule has 1 aromatic heterocycles. The highest BCUT2D eigenvalue weighted by atomic mass is 79.9. The molecule has 2 aromatic rings. The van der Waals surface area contributed by atoms with Crippen molar-refractivity contribution in [2.24, 2.45) is 5.73 Å². The highest BCUT2D eigenvalue weighted by Gasteiger charge is 2.01. The summed E-state index contributed by atoms with van der Waals surface area (Å²) in [5.41, 5.74) is 8.68. The molecule has 0 spiro atoms. The minimum Gasteiger partial charge on any atom is -0.473 e. The number of nitrogens with zero attached hydrogens (tertiary/aromatic N) is 1. The first-order chi connectivity index (χ1) is 8.67. The highest BCUT2D eigenvalue weighted by molar-refractivity contribution is 9.10. The number of aromatic nitrogens is 1. The smallest absolute Gasteiger partial charge is 0.214 e. The zero-order chi connectivity index (χ0) is 13.0. The normalized spacial score (nSPS) is 10.4. The van der Waals surface area contributed by atoms with Crippen molar-refractivity contribution in [3.05, 3.63) is 57.7 Å². The van der Waals surface area contributed by atoms with Crippen molar-refractivity contribution in [1.82, 2.24) is 4.98 Å². The Bertz CT molecular complexity index is 543. The second-order valence-corrected chi connectivity index (χ2v) is 4.99. The SMILES string of the molecule is Cc1cc(CN)cc(OCc2cccc(Br)c2)n1. The molecule has 2 rings (SSSR count). The number of benzene rings is 1. The Kier molecular flexibility index (Phi) is 4.33. The van der Waals surface area contributed by atoms with Gasteiger partial charge < -0.3 is 10.5 Å². The fraction of sp³-hybridized carbons (Fsp3) is 0.214. The Labute approximate surface area is 115 Å². The summed E-state index contributed by atoms with van der Waals surface area (Å²) in [7, 11) is 0. The van der Waals surface area contributed by atoms with Gasteiger partial charge >= 0.3 is 0 Å². The second kappa shape index (κ2) is 5.98. The van der Waals surface area contributed by atoms with Gasteiger partial charge in [-0.15, -0.1) is 0 Å². The lowest BCUT2D eigenvalue weighted by Crippen LogP contribution is -2.02. The molecule has 0 radical (unpaired) electrons. The maximum absolute atomic E-state index is 5.68. The van der Waals surface area contributed by atoms with Gasteiger partial charge in [0.2, 0.25) is 5.88 Å². The predicted octanol–water partition coefficient (Wildman–Crippen LogP) is 3.19. The third-order valence-electron chi connectivity index (χ3n) is 2.50. The van der Waals surface area contributed by atoms with Crippen molar-refractivity contribution in [2.45, 2.75) is 20.1 Å². The molecule has 1 heterocycles. The van der Waals surface area contributed by atoms with Gasteiger partial charge in [-0.3, -0.25) is 0 Å². The molecule has 0 atom stereocenters. The molecule has 3 nitrogen and oxygen atoms in total. The van der Waals surface area contributed by atoms with E-state index in [2.05, 4.69) is 20.9 Å². The van der Waals surface area contributed by atoms with Crippen molar-refractivity contribution in [1.29, 1.82) is 0 Å². The summed E-state index contributed by atoms with van der Waals surface area (Å²) in [4.78, 5) is 4.33. The van der Waals surface area contributed by atoms with E-state index in [1.165, 1.54) is 0 Å². The average molecular weight is 307 g/mol. The van der Waals surface area contributed by atoms with Crippen LogP contribution in [0.15, 0.2) is 40.9 Å². The minimum absolute atomic E-state index is 0.497. The van der Waals surface area contributed by atoms with Crippen molar-refractivity contribution < 1.29 is 4.74 Å². The van der Waals surface area contributed by atoms with E-state index >= 15 is 0 Å². The number of halogens is 1. The zero-order valence-corrected chi connectivity index (χ0v) is 11.8. The van der Waals surface area contributed by atoms with Crippen LogP contribution in [0.25, 0.3) is 0 Å². The van der Waals surface area contributed by atoms with Crippen LogP contribution in [0.3, 0.4) is 0 Å². The van der Waals surface area contributed by atoms with Gasteiger partial charge in [0.1, 0.15) is 6.61 Å². The molecule has 4 heteroatoms. The molecular formula is C14H15BrN2O. The molecule has 0 fully saturated rings. The molecule has 0 aliphatic rings. The van der Waals surface area contributed by atoms with E-state index in [4.69, 9.17) is 10.5 Å². The zero-order valence-electron chi connectivity index (χ0n) is 10.2. The molecule has 0 saturated heterocycles. The number of hydrogen-bond donors (Lipinski definition) is 1. The fourth-order valence-electron chi connectivity index (χ4n) is 1.68. The van der Waals surface area contributed by atoms with Crippen LogP contribution in [0.2, 0.25) is 0 Å². The molecule has 94 valence electrons. The molecule has 0 amide bonds. The van der Waals surface area contributed by atoms with Crippen LogP contribution in [0.1, 0.15) is 16.8 Å². The number of rotatable bonds is 4. The molecule has 1 aromatic carbocycles. The summed E-state index contributed by atoms with van der Waals surface area (Å²) in [5, 5.41) is 0. The van der Waals surface area contributed by atoms with E-state index in [0.29, 0.717) is 19.0 Å². The lowest BCUT2D eigenvalue weighted by molar-refractivity contribution is 0.293. The maximum Gasteiger partial charge on any atom is 0.214 e. The Hall–Kier alpha value is -1.39. The van der Waals surface area contributed by atoms with Crippen molar-refractivity contribution in [3.8, 4) is 5.88 Å². The van der Waals surface area contributed by atoms with Crippen molar-refractivity contribution in [2.75, 3.05) is 0 Å². The van der Waals surface area contributed by atoms with Crippen molar-refractivity contribution in [3.63, 3.8) is 0 Å². The maximum atomic E-state index is 5.68. The van der Waals surface area contributed by atoms with E-state index in [0.717, 1.165) is 21.3 Å². The number of aryl methyl sites for hydroxylation is 1. The van der Waals surface area contributed by atoms with Gasteiger partial charge in [0.15, 0.2) is 0 Å². The van der Waals surface area contributed by atoms with Crippen LogP contribution >= 0.6 is 15.9 Å². The van der Waals surface area contributed by atoms with Gasteiger partial charge in [-0.05, 0) is 36.2 Å². The monoisotopic (exact) mass is 306 g/mol. The molecular weight excluding hydrogens is 292 g/mol. The summed E-state index contributed by atoms with van der Waals surface area (Å²) >= 11 is 3.44. The second-order valence-electron chi connectivity index (χ2n) is 4.08. The summed E-state index contributed by atoms with van der Waals surface area (Å²) in [5.74, 6) is 0.621. The third-order valence-corrected chi connectivity index (χ3v) is 2.99. The van der Waals surface area contributed by atoms with Gasteiger partial charge in [-0.25, -0.2) is 4.98 Å². The van der Waals surface area contributed by atoms with Crippen LogP contribution in [0, 0.1) is 6.92 Å². The van der Waals surface area contributed by atoms with Gasteiger partial charge in [0.25, 0.3) is 0 Å². The van der Waals surface area contributed by atoms with Crippen LogP contribution in [0.5, 0.6) is 5.88 Å². The largest absolute Gasteiger partial charge is 0.473 e. The fourth-order valence-corrected chi connectivity index (χ4v) is 2.13. The lowest BCUT2D eigenvalue weighted by Gasteiger charge is -2.08. The molecule has 0 saturated carbocycles. The number of nitrogens with two attached hydrogens (primary N) is 1. The van der Waals surface area contributed by atoms with E-state index in [-0.39, 0.29) is 0 Å². The van der Waals surface area contributed by atoms with E-state index < -0.39 is 0 Å². The average Bonchev–Trinajstić information content (AvgIpc) is 2.36. The van der Waals surface area contributed by atoms with Crippen LogP contribution in [0.4, 0.5) is 0 Å². The number of ether oxygens (including phenoxy) is 1. The topological polar surface area (TPSA) is 48.1 Å². The molecule has 0 unspecified atom stereocenters. The van der Waals surface area contributed by atoms with Gasteiger partial charge in [0.05, 0.1) is 0 Å². The van der Waals surface area contributed by atoms with Crippen molar-refractivity contribution >= 4 is 15.9 Å². The first kappa shape index (κ1) is 13.1. The van der Waals surface area contributed by atoms with Crippen LogP contribution in [-0.2, 0) is 13.2 Å². The molecule has 0 bridgehead atoms. The molecule has 2 N–H and O–H groups in total. The lowest BCUT2D eigenvalue weighted by atomic mass is 10.2. The molecule has 0 aliphatic heterocycles. The van der Waals surface area contributed by atoms with Crippen LogP contribution in [-0.4, -0.2) is 4.98 Å². The first-order valence-electron chi connectivity index (χ1n) is 5.72. The number of pyridine rings is 1. The van der Waals surface area contributed by atoms with E-state index in [9.17, 15) is 0 Å². The minimum atomic E-state index is 0.497. The van der Waals surface area contributed by atoms with Gasteiger partial charge in [-0.2, -0.15) is 0 Å². The summed E-state index contributed by atoms with van der Waals surface area (Å²) in [6, 6.07) is 11.9. The Morgan fingerprint density at radius 1 is 1.22 bits per heavy atom. The Morgan fingerprint density at radius 3 is 2.78 bits per heavy atom. The Morgan fingerprint density at radius 2 is 2.06 bits per heavy atom. The highest BCUT2D eigenvalue weighted by Crippen LogP contribution is 2.16. The summed E-state index contributed by atoms with van der Waals surface area (Å²) < 4.78 is 6.73. The number of hydrogen-bond acceptors (Lipinski definition) is 3. The molecule has 0 aliphatic carbocycles. The predicted molar refractivity (Wildman–Crippen MR) is 75.3 cm³/mol. The summed E-state index contributed by atoms with van der Waals surface area (Å²) in [6.45, 7) is 2.93. The quantitative estimate of drug-likeness (QED) is 0.943. The van der Waals surface area contributed by atoms with Gasteiger partial charge in [0, 0.05) is 22.8 Å². The summed E-state index contributed by atoms with van der Waals surface area (Å²) in [6.07, 6.45) is 0. The van der Waals surface area contributed by atoms with E-state index in [1.807, 2.05) is 43.3 Å². The standard InChI is InChI=1S/C14H15BrN2O/c1-10-5-12(8-16)7-14(17-10)18-9-11-3-2-4-13(15)6-11/h2-7H,8-9,16H2,1H3. The Balaban J connectivity index is 2.08. The third kappa shape index (κ3) is 3.55. The van der Waals surface area contributed by atoms with Gasteiger partial charge in [-0.1, -0.05) is 28.1 Å². The molecule has 18 heavy (non-hydrogen) atoms. The van der Waals surface area contributed by atoms with Crippen LogP contribution < -0.4 is 10.5 Å². The first-order valence-corrected chi connectivity index (χ1v) is 6.51. The van der Waals surface area contributed by atoms with E-state index in [1.54, 1.807) is 0 Å².